The van der Waals surface area contributed by atoms with Crippen molar-refractivity contribution in [2.45, 2.75) is 77.2 Å². The molecule has 1 heterocycles. The molecule has 0 aromatic heterocycles. The van der Waals surface area contributed by atoms with E-state index >= 15 is 0 Å². The van der Waals surface area contributed by atoms with Crippen LogP contribution in [0.15, 0.2) is 4.99 Å². The lowest BCUT2D eigenvalue weighted by atomic mass is 9.61. The number of halogens is 1. The number of carbonyl (C=O) groups is 1. The standard InChI is InChI=1S/C18H30N2O2.ClH/c1-14-19-12-16(13-20-14)22-17(21)18(10-6-3-7-11-18)15-8-4-2-5-9-15;/h15-16H,2-13H2,1H3,(H,19,20);1H. The monoisotopic (exact) mass is 342 g/mol. The number of rotatable bonds is 3. The average molecular weight is 343 g/mol. The molecule has 132 valence electrons. The first-order valence-corrected chi connectivity index (χ1v) is 9.17. The number of hydrogen-bond donors (Lipinski definition) is 1. The molecule has 3 aliphatic rings. The minimum atomic E-state index is -0.186. The molecule has 0 aromatic rings. The van der Waals surface area contributed by atoms with Gasteiger partial charge in [0.2, 0.25) is 0 Å². The van der Waals surface area contributed by atoms with E-state index in [1.807, 2.05) is 6.92 Å². The van der Waals surface area contributed by atoms with Crippen molar-refractivity contribution >= 4 is 24.2 Å². The topological polar surface area (TPSA) is 50.7 Å². The number of nitrogens with one attached hydrogen (secondary N) is 1. The lowest BCUT2D eigenvalue weighted by Crippen LogP contribution is -2.47. The highest BCUT2D eigenvalue weighted by molar-refractivity contribution is 5.85. The second-order valence-electron chi connectivity index (χ2n) is 7.39. The maximum Gasteiger partial charge on any atom is 0.312 e. The van der Waals surface area contributed by atoms with E-state index < -0.39 is 0 Å². The van der Waals surface area contributed by atoms with Crippen LogP contribution < -0.4 is 5.32 Å². The molecule has 0 saturated heterocycles. The fourth-order valence-corrected chi connectivity index (χ4v) is 4.59. The summed E-state index contributed by atoms with van der Waals surface area (Å²) < 4.78 is 5.93. The van der Waals surface area contributed by atoms with Crippen molar-refractivity contribution in [1.29, 1.82) is 0 Å². The van der Waals surface area contributed by atoms with Gasteiger partial charge in [0.1, 0.15) is 6.10 Å². The summed E-state index contributed by atoms with van der Waals surface area (Å²) in [5.74, 6) is 1.59. The maximum atomic E-state index is 13.1. The Morgan fingerprint density at radius 2 is 1.78 bits per heavy atom. The molecule has 0 radical (unpaired) electrons. The minimum absolute atomic E-state index is 0. The number of carbonyl (C=O) groups excluding carboxylic acids is 1. The van der Waals surface area contributed by atoms with Gasteiger partial charge in [-0.3, -0.25) is 9.79 Å². The molecule has 2 aliphatic carbocycles. The second kappa shape index (κ2) is 8.36. The Bertz CT molecular complexity index is 427. The third-order valence-corrected chi connectivity index (χ3v) is 5.93. The van der Waals surface area contributed by atoms with Crippen LogP contribution in [0.5, 0.6) is 0 Å². The Labute approximate surface area is 146 Å². The van der Waals surface area contributed by atoms with Crippen molar-refractivity contribution in [3.8, 4) is 0 Å². The van der Waals surface area contributed by atoms with Gasteiger partial charge in [-0.15, -0.1) is 12.4 Å². The number of ether oxygens (including phenoxy) is 1. The zero-order valence-electron chi connectivity index (χ0n) is 14.3. The smallest absolute Gasteiger partial charge is 0.312 e. The highest BCUT2D eigenvalue weighted by Gasteiger charge is 2.48. The first kappa shape index (κ1) is 18.6. The van der Waals surface area contributed by atoms with Crippen molar-refractivity contribution in [3.63, 3.8) is 0 Å². The fourth-order valence-electron chi connectivity index (χ4n) is 4.59. The van der Waals surface area contributed by atoms with E-state index in [1.165, 1.54) is 51.4 Å². The first-order valence-electron chi connectivity index (χ1n) is 9.17. The zero-order chi connectivity index (χ0) is 15.4. The van der Waals surface area contributed by atoms with E-state index in [2.05, 4.69) is 10.3 Å². The molecular weight excluding hydrogens is 312 g/mol. The number of esters is 1. The highest BCUT2D eigenvalue weighted by Crippen LogP contribution is 2.49. The SMILES string of the molecule is CC1=NCC(OC(=O)C2(C3CCCCC3)CCCCC2)CN1.Cl. The van der Waals surface area contributed by atoms with E-state index in [1.54, 1.807) is 0 Å². The number of nitrogens with zero attached hydrogens (tertiary/aromatic N) is 1. The van der Waals surface area contributed by atoms with E-state index in [9.17, 15) is 4.79 Å². The molecule has 4 nitrogen and oxygen atoms in total. The van der Waals surface area contributed by atoms with Gasteiger partial charge in [0.05, 0.1) is 24.3 Å². The van der Waals surface area contributed by atoms with Gasteiger partial charge in [0.15, 0.2) is 0 Å². The van der Waals surface area contributed by atoms with Gasteiger partial charge in [-0.2, -0.15) is 0 Å². The number of amidine groups is 1. The molecule has 23 heavy (non-hydrogen) atoms. The van der Waals surface area contributed by atoms with Crippen molar-refractivity contribution < 1.29 is 9.53 Å². The van der Waals surface area contributed by atoms with Crippen LogP contribution in [0.1, 0.15) is 71.1 Å². The van der Waals surface area contributed by atoms with Crippen LogP contribution in [0.25, 0.3) is 0 Å². The molecular formula is C18H31ClN2O2. The van der Waals surface area contributed by atoms with Crippen LogP contribution >= 0.6 is 12.4 Å². The third kappa shape index (κ3) is 4.20. The van der Waals surface area contributed by atoms with Crippen LogP contribution in [0.4, 0.5) is 0 Å². The molecule has 0 aromatic carbocycles. The van der Waals surface area contributed by atoms with Gasteiger partial charge in [-0.1, -0.05) is 38.5 Å². The van der Waals surface area contributed by atoms with E-state index in [0.717, 1.165) is 18.7 Å². The molecule has 5 heteroatoms. The summed E-state index contributed by atoms with van der Waals surface area (Å²) in [5, 5.41) is 3.21. The summed E-state index contributed by atoms with van der Waals surface area (Å²) in [6.07, 6.45) is 12.0. The molecule has 2 saturated carbocycles. The molecule has 0 spiro atoms. The van der Waals surface area contributed by atoms with Crippen LogP contribution in [0.3, 0.4) is 0 Å². The van der Waals surface area contributed by atoms with Crippen molar-refractivity contribution in [3.05, 3.63) is 0 Å². The Morgan fingerprint density at radius 3 is 2.39 bits per heavy atom. The van der Waals surface area contributed by atoms with E-state index in [-0.39, 0.29) is 29.9 Å². The van der Waals surface area contributed by atoms with Gasteiger partial charge in [-0.05, 0) is 38.5 Å². The quantitative estimate of drug-likeness (QED) is 0.792. The van der Waals surface area contributed by atoms with E-state index in [4.69, 9.17) is 4.74 Å². The summed E-state index contributed by atoms with van der Waals surface area (Å²) in [5.41, 5.74) is -0.186. The predicted octanol–water partition coefficient (Wildman–Crippen LogP) is 3.87. The fraction of sp³-hybridized carbons (Fsp3) is 0.889. The first-order chi connectivity index (χ1) is 10.7. The van der Waals surface area contributed by atoms with Crippen LogP contribution in [0.2, 0.25) is 0 Å². The predicted molar refractivity (Wildman–Crippen MR) is 95.2 cm³/mol. The molecule has 1 N–H and O–H groups in total. The van der Waals surface area contributed by atoms with Crippen LogP contribution in [0, 0.1) is 11.3 Å². The Balaban J connectivity index is 0.00000192. The highest BCUT2D eigenvalue weighted by atomic mass is 35.5. The average Bonchev–Trinajstić information content (AvgIpc) is 2.58. The normalized spacial score (nSPS) is 28.0. The molecule has 0 amide bonds. The van der Waals surface area contributed by atoms with Gasteiger partial charge < -0.3 is 10.1 Å². The molecule has 2 fully saturated rings. The lowest BCUT2D eigenvalue weighted by Gasteiger charge is -2.43. The largest absolute Gasteiger partial charge is 0.458 e. The molecule has 3 rings (SSSR count). The van der Waals surface area contributed by atoms with E-state index in [0.29, 0.717) is 19.0 Å². The van der Waals surface area contributed by atoms with Crippen molar-refractivity contribution in [2.75, 3.05) is 13.1 Å². The Hall–Kier alpha value is -0.770. The summed E-state index contributed by atoms with van der Waals surface area (Å²) in [7, 11) is 0. The van der Waals surface area contributed by atoms with Gasteiger partial charge in [-0.25, -0.2) is 0 Å². The third-order valence-electron chi connectivity index (χ3n) is 5.93. The van der Waals surface area contributed by atoms with Gasteiger partial charge >= 0.3 is 5.97 Å². The molecule has 1 aliphatic heterocycles. The maximum absolute atomic E-state index is 13.1. The summed E-state index contributed by atoms with van der Waals surface area (Å²) in [4.78, 5) is 17.4. The molecule has 1 unspecified atom stereocenters. The Morgan fingerprint density at radius 1 is 1.13 bits per heavy atom. The minimum Gasteiger partial charge on any atom is -0.458 e. The van der Waals surface area contributed by atoms with Crippen LogP contribution in [-0.4, -0.2) is 31.0 Å². The van der Waals surface area contributed by atoms with Gasteiger partial charge in [0.25, 0.3) is 0 Å². The summed E-state index contributed by atoms with van der Waals surface area (Å²) in [6.45, 7) is 3.29. The van der Waals surface area contributed by atoms with Gasteiger partial charge in [0, 0.05) is 0 Å². The molecule has 0 bridgehead atoms. The zero-order valence-corrected chi connectivity index (χ0v) is 15.1. The summed E-state index contributed by atoms with van der Waals surface area (Å²) >= 11 is 0. The van der Waals surface area contributed by atoms with Crippen LogP contribution in [-0.2, 0) is 9.53 Å². The molecule has 1 atom stereocenters. The second-order valence-corrected chi connectivity index (χ2v) is 7.39. The van der Waals surface area contributed by atoms with Crippen molar-refractivity contribution in [2.24, 2.45) is 16.3 Å². The Kier molecular flexibility index (Phi) is 6.75. The number of aliphatic imine (C=N–C) groups is 1. The summed E-state index contributed by atoms with van der Waals surface area (Å²) in [6, 6.07) is 0. The number of hydrogen-bond acceptors (Lipinski definition) is 4. The lowest BCUT2D eigenvalue weighted by molar-refractivity contribution is -0.169. The van der Waals surface area contributed by atoms with Crippen molar-refractivity contribution in [1.82, 2.24) is 5.32 Å².